The molecule has 1 fully saturated rings. The van der Waals surface area contributed by atoms with Gasteiger partial charge in [-0.25, -0.2) is 4.98 Å². The number of carbonyl (C=O) groups excluding carboxylic acids is 1. The standard InChI is InChI=1S/C60H71ClN2O7S/c1-59(2,68)52-20-9-8-18-45(52)26-31-56(48-19-13-17-44(36-48)22-28-51-29-24-46-23-27-50(61)38-53(46)63-51)71-42-60(32-33-60)39-58(67)70-57(62-40-55(66)47-25-30-54(65)49(37-47)41-64)21-7-4-11-34-69-35-12-10-16-43-14-5-3-6-15-43/h3,5-6,8-9,13-15,17-20,22-25,27-30,36-38,55-57,62,64-66,68H,4,7,10-12,16,21,26,31-35,39-42H2,1-2H3. The maximum atomic E-state index is 13.9. The Balaban J connectivity index is 0.974. The Hall–Kier alpha value is -5.04. The van der Waals surface area contributed by atoms with Gasteiger partial charge in [0.15, 0.2) is 6.23 Å². The van der Waals surface area contributed by atoms with E-state index >= 15 is 0 Å². The summed E-state index contributed by atoms with van der Waals surface area (Å²) in [5, 5.41) is 47.1. The van der Waals surface area contributed by atoms with Crippen LogP contribution < -0.4 is 5.32 Å². The first-order valence-electron chi connectivity index (χ1n) is 25.3. The summed E-state index contributed by atoms with van der Waals surface area (Å²) in [6, 6.07) is 41.8. The van der Waals surface area contributed by atoms with Gasteiger partial charge in [0.25, 0.3) is 0 Å². The fraction of sp³-hybridized carbons (Fsp3) is 0.400. The molecule has 0 saturated heterocycles. The van der Waals surface area contributed by atoms with E-state index in [1.807, 2.05) is 80.2 Å². The van der Waals surface area contributed by atoms with Crippen LogP contribution in [0.25, 0.3) is 23.1 Å². The van der Waals surface area contributed by atoms with Gasteiger partial charge in [-0.15, -0.1) is 0 Å². The average molecular weight is 1000 g/mol. The van der Waals surface area contributed by atoms with Crippen molar-refractivity contribution < 1.29 is 34.7 Å². The maximum Gasteiger partial charge on any atom is 0.307 e. The smallest absolute Gasteiger partial charge is 0.307 e. The third-order valence-corrected chi connectivity index (χ3v) is 15.3. The molecule has 1 aliphatic rings. The van der Waals surface area contributed by atoms with Crippen LogP contribution in [0.5, 0.6) is 5.75 Å². The molecule has 1 aromatic heterocycles. The Morgan fingerprint density at radius 3 is 2.38 bits per heavy atom. The zero-order chi connectivity index (χ0) is 50.1. The molecule has 376 valence electrons. The molecule has 71 heavy (non-hydrogen) atoms. The van der Waals surface area contributed by atoms with Crippen LogP contribution in [0.3, 0.4) is 0 Å². The molecule has 5 N–H and O–H groups in total. The summed E-state index contributed by atoms with van der Waals surface area (Å²) >= 11 is 8.16. The van der Waals surface area contributed by atoms with Crippen LogP contribution >= 0.6 is 23.4 Å². The number of fused-ring (bicyclic) bond motifs is 1. The first-order chi connectivity index (χ1) is 34.4. The van der Waals surface area contributed by atoms with Crippen molar-refractivity contribution in [1.29, 1.82) is 0 Å². The highest BCUT2D eigenvalue weighted by Crippen LogP contribution is 2.53. The normalized spacial score (nSPS) is 14.7. The number of nitrogens with zero attached hydrogens (tertiary/aromatic N) is 1. The van der Waals surface area contributed by atoms with Crippen molar-refractivity contribution >= 4 is 52.4 Å². The van der Waals surface area contributed by atoms with E-state index in [4.69, 9.17) is 26.1 Å². The van der Waals surface area contributed by atoms with Crippen LogP contribution in [-0.2, 0) is 39.3 Å². The number of aromatic hydroxyl groups is 1. The van der Waals surface area contributed by atoms with Gasteiger partial charge in [-0.05, 0) is 153 Å². The second-order valence-corrected chi connectivity index (χ2v) is 21.3. The first-order valence-corrected chi connectivity index (χ1v) is 26.7. The number of hydrogen-bond acceptors (Lipinski definition) is 10. The minimum atomic E-state index is -0.971. The lowest BCUT2D eigenvalue weighted by atomic mass is 9.90. The summed E-state index contributed by atoms with van der Waals surface area (Å²) in [4.78, 5) is 18.7. The van der Waals surface area contributed by atoms with E-state index in [2.05, 4.69) is 72.1 Å². The molecule has 9 nitrogen and oxygen atoms in total. The quantitative estimate of drug-likeness (QED) is 0.0175. The lowest BCUT2D eigenvalue weighted by Crippen LogP contribution is -2.37. The predicted octanol–water partition coefficient (Wildman–Crippen LogP) is 12.9. The van der Waals surface area contributed by atoms with E-state index < -0.39 is 17.9 Å². The molecule has 0 amide bonds. The highest BCUT2D eigenvalue weighted by atomic mass is 35.5. The molecule has 0 spiro atoms. The molecule has 3 atom stereocenters. The molecule has 1 aliphatic carbocycles. The summed E-state index contributed by atoms with van der Waals surface area (Å²) in [5.41, 5.74) is 7.09. The molecule has 0 radical (unpaired) electrons. The van der Waals surface area contributed by atoms with E-state index in [-0.39, 0.29) is 35.5 Å². The van der Waals surface area contributed by atoms with Gasteiger partial charge in [-0.3, -0.25) is 10.1 Å². The Morgan fingerprint density at radius 1 is 0.817 bits per heavy atom. The van der Waals surface area contributed by atoms with Gasteiger partial charge in [0.2, 0.25) is 0 Å². The summed E-state index contributed by atoms with van der Waals surface area (Å²) in [5.74, 6) is 0.506. The molecule has 5 aromatic carbocycles. The summed E-state index contributed by atoms with van der Waals surface area (Å²) < 4.78 is 12.2. The minimum Gasteiger partial charge on any atom is -0.508 e. The van der Waals surface area contributed by atoms with Crippen LogP contribution in [0.15, 0.2) is 127 Å². The first kappa shape index (κ1) is 53.8. The fourth-order valence-corrected chi connectivity index (χ4v) is 10.8. The van der Waals surface area contributed by atoms with Crippen LogP contribution in [0.4, 0.5) is 0 Å². The SMILES string of the molecule is CC(C)(O)c1ccccc1CCC(SCC1(CC(=O)OC(CCCCCOCCCCc2ccccc2)NCC(O)c2ccc(O)c(CO)c2)CC1)c1cccc(C=Cc2ccc3ccc(Cl)cc3n2)c1. The molecule has 11 heteroatoms. The number of unbranched alkanes of at least 4 members (excludes halogenated alkanes) is 3. The minimum absolute atomic E-state index is 0.0307. The van der Waals surface area contributed by atoms with Gasteiger partial charge in [0, 0.05) is 46.7 Å². The van der Waals surface area contributed by atoms with Gasteiger partial charge < -0.3 is 29.9 Å². The van der Waals surface area contributed by atoms with E-state index in [0.29, 0.717) is 35.6 Å². The van der Waals surface area contributed by atoms with Gasteiger partial charge >= 0.3 is 5.97 Å². The number of pyridine rings is 1. The van der Waals surface area contributed by atoms with Gasteiger partial charge in [0.05, 0.1) is 35.9 Å². The number of nitrogens with one attached hydrogen (secondary N) is 1. The molecule has 1 heterocycles. The summed E-state index contributed by atoms with van der Waals surface area (Å²) in [6.45, 7) is 4.87. The number of aliphatic hydroxyl groups is 3. The van der Waals surface area contributed by atoms with Crippen LogP contribution in [0, 0.1) is 5.41 Å². The predicted molar refractivity (Wildman–Crippen MR) is 289 cm³/mol. The lowest BCUT2D eigenvalue weighted by Gasteiger charge is -2.25. The molecule has 1 saturated carbocycles. The number of aliphatic hydroxyl groups excluding tert-OH is 2. The average Bonchev–Trinajstić information content (AvgIpc) is 4.14. The zero-order valence-electron chi connectivity index (χ0n) is 41.3. The maximum absolute atomic E-state index is 13.9. The Kier molecular flexibility index (Phi) is 20.1. The molecule has 0 aliphatic heterocycles. The Labute approximate surface area is 429 Å². The number of halogens is 1. The molecule has 7 rings (SSSR count). The van der Waals surface area contributed by atoms with Crippen molar-refractivity contribution in [3.8, 4) is 5.75 Å². The van der Waals surface area contributed by atoms with Crippen LogP contribution in [0.1, 0.15) is 134 Å². The fourth-order valence-electron chi connectivity index (χ4n) is 9.04. The lowest BCUT2D eigenvalue weighted by molar-refractivity contribution is -0.152. The zero-order valence-corrected chi connectivity index (χ0v) is 42.9. The van der Waals surface area contributed by atoms with Crippen LogP contribution in [0.2, 0.25) is 5.02 Å². The number of hydrogen-bond donors (Lipinski definition) is 5. The molecule has 3 unspecified atom stereocenters. The molecule has 6 aromatic rings. The molecular formula is C60H71ClN2O7S. The highest BCUT2D eigenvalue weighted by molar-refractivity contribution is 7.99. The van der Waals surface area contributed by atoms with Crippen molar-refractivity contribution in [3.05, 3.63) is 177 Å². The van der Waals surface area contributed by atoms with Crippen molar-refractivity contribution in [2.75, 3.05) is 25.5 Å². The number of carbonyl (C=O) groups is 1. The van der Waals surface area contributed by atoms with Crippen molar-refractivity contribution in [1.82, 2.24) is 10.3 Å². The number of ether oxygens (including phenoxy) is 2. The third-order valence-electron chi connectivity index (χ3n) is 13.4. The number of benzene rings is 5. The summed E-state index contributed by atoms with van der Waals surface area (Å²) in [6.07, 6.45) is 12.7. The second kappa shape index (κ2) is 26.6. The summed E-state index contributed by atoms with van der Waals surface area (Å²) in [7, 11) is 0. The molecular weight excluding hydrogens is 928 g/mol. The molecule has 0 bridgehead atoms. The Morgan fingerprint density at radius 2 is 1.59 bits per heavy atom. The van der Waals surface area contributed by atoms with Gasteiger partial charge in [0.1, 0.15) is 5.75 Å². The van der Waals surface area contributed by atoms with Gasteiger partial charge in [-0.1, -0.05) is 121 Å². The van der Waals surface area contributed by atoms with E-state index in [0.717, 1.165) is 110 Å². The number of rotatable bonds is 29. The van der Waals surface area contributed by atoms with Crippen molar-refractivity contribution in [2.24, 2.45) is 5.41 Å². The highest BCUT2D eigenvalue weighted by Gasteiger charge is 2.45. The second-order valence-electron chi connectivity index (χ2n) is 19.7. The van der Waals surface area contributed by atoms with Crippen molar-refractivity contribution in [2.45, 2.75) is 121 Å². The number of thioether (sulfide) groups is 1. The largest absolute Gasteiger partial charge is 0.508 e. The third kappa shape index (κ3) is 17.0. The number of aromatic nitrogens is 1. The number of aryl methyl sites for hydroxylation is 2. The monoisotopic (exact) mass is 998 g/mol. The topological polar surface area (TPSA) is 141 Å². The van der Waals surface area contributed by atoms with Gasteiger partial charge in [-0.2, -0.15) is 11.8 Å². The van der Waals surface area contributed by atoms with E-state index in [9.17, 15) is 25.2 Å². The van der Waals surface area contributed by atoms with E-state index in [1.54, 1.807) is 12.1 Å². The van der Waals surface area contributed by atoms with Crippen LogP contribution in [-0.4, -0.2) is 63.1 Å². The Bertz CT molecular complexity index is 2650. The van der Waals surface area contributed by atoms with Crippen molar-refractivity contribution in [3.63, 3.8) is 0 Å². The number of esters is 1. The number of phenols is 1. The van der Waals surface area contributed by atoms with E-state index in [1.165, 1.54) is 17.2 Å².